The monoisotopic (exact) mass is 149 g/mol. The van der Waals surface area contributed by atoms with Crippen molar-refractivity contribution >= 4 is 5.91 Å². The van der Waals surface area contributed by atoms with Gasteiger partial charge in [0.25, 0.3) is 0 Å². The molecular formula is C8H9N2O. The summed E-state index contributed by atoms with van der Waals surface area (Å²) >= 11 is 0. The Morgan fingerprint density at radius 1 is 1.36 bits per heavy atom. The molecule has 1 radical (unpaired) electrons. The molecule has 57 valence electrons. The van der Waals surface area contributed by atoms with E-state index in [1.54, 1.807) is 0 Å². The highest BCUT2D eigenvalue weighted by molar-refractivity contribution is 5.77. The molecule has 3 heteroatoms. The van der Waals surface area contributed by atoms with Crippen LogP contribution in [0.3, 0.4) is 0 Å². The van der Waals surface area contributed by atoms with Crippen LogP contribution in [-0.2, 0) is 11.2 Å². The van der Waals surface area contributed by atoms with Crippen molar-refractivity contribution < 1.29 is 4.79 Å². The number of rotatable bonds is 2. The fraction of sp³-hybridized carbons (Fsp3) is 0.125. The molecule has 1 aromatic rings. The lowest BCUT2D eigenvalue weighted by Crippen LogP contribution is -2.22. The Bertz CT molecular complexity index is 233. The molecule has 0 heterocycles. The molecule has 0 saturated carbocycles. The summed E-state index contributed by atoms with van der Waals surface area (Å²) in [4.78, 5) is 10.7. The topological polar surface area (TPSA) is 52.9 Å². The van der Waals surface area contributed by atoms with Crippen molar-refractivity contribution in [3.05, 3.63) is 35.9 Å². The van der Waals surface area contributed by atoms with Gasteiger partial charge in [-0.15, -0.1) is 0 Å². The van der Waals surface area contributed by atoms with Crippen molar-refractivity contribution in [1.29, 1.82) is 0 Å². The minimum Gasteiger partial charge on any atom is -0.276 e. The molecule has 0 fully saturated rings. The van der Waals surface area contributed by atoms with Gasteiger partial charge in [-0.3, -0.25) is 10.2 Å². The summed E-state index contributed by atoms with van der Waals surface area (Å²) in [6, 6.07) is 9.34. The second-order valence-corrected chi connectivity index (χ2v) is 2.21. The summed E-state index contributed by atoms with van der Waals surface area (Å²) in [5.74, 6) is 6.28. The summed E-state index contributed by atoms with van der Waals surface area (Å²) < 4.78 is 0. The average Bonchev–Trinajstić information content (AvgIpc) is 2.06. The zero-order valence-corrected chi connectivity index (χ0v) is 6.00. The van der Waals surface area contributed by atoms with Gasteiger partial charge in [-0.2, -0.15) is 5.84 Å². The Hall–Kier alpha value is -1.35. The number of carbonyl (C=O) groups is 1. The van der Waals surface area contributed by atoms with Crippen LogP contribution >= 0.6 is 0 Å². The average molecular weight is 149 g/mol. The predicted octanol–water partition coefficient (Wildman–Crippen LogP) is 0.543. The lowest BCUT2D eigenvalue weighted by atomic mass is 10.1. The number of hydrogen-bond donors (Lipinski definition) is 1. The van der Waals surface area contributed by atoms with E-state index in [1.165, 1.54) is 0 Å². The molecule has 0 spiro atoms. The molecule has 2 N–H and O–H groups in total. The van der Waals surface area contributed by atoms with E-state index in [2.05, 4.69) is 0 Å². The van der Waals surface area contributed by atoms with Crippen LogP contribution in [-0.4, -0.2) is 5.91 Å². The molecule has 1 aromatic carbocycles. The van der Waals surface area contributed by atoms with Crippen LogP contribution in [0.2, 0.25) is 0 Å². The molecule has 0 aliphatic carbocycles. The first-order valence-corrected chi connectivity index (χ1v) is 3.32. The summed E-state index contributed by atoms with van der Waals surface area (Å²) in [6.07, 6.45) is 0.282. The minimum absolute atomic E-state index is 0.281. The second-order valence-electron chi connectivity index (χ2n) is 2.21. The molecule has 1 rings (SSSR count). The lowest BCUT2D eigenvalue weighted by Gasteiger charge is -1.97. The highest BCUT2D eigenvalue weighted by atomic mass is 16.2. The van der Waals surface area contributed by atoms with Gasteiger partial charge in [0.1, 0.15) is 0 Å². The fourth-order valence-electron chi connectivity index (χ4n) is 0.825. The molecule has 0 aromatic heterocycles. The van der Waals surface area contributed by atoms with Crippen molar-refractivity contribution in [3.8, 4) is 0 Å². The Morgan fingerprint density at radius 3 is 2.55 bits per heavy atom. The third-order valence-corrected chi connectivity index (χ3v) is 1.35. The number of hydrogen-bond acceptors (Lipinski definition) is 1. The van der Waals surface area contributed by atoms with Crippen LogP contribution < -0.4 is 11.3 Å². The molecule has 0 atom stereocenters. The molecule has 0 aliphatic heterocycles. The molecule has 11 heavy (non-hydrogen) atoms. The van der Waals surface area contributed by atoms with Gasteiger partial charge >= 0.3 is 0 Å². The molecule has 1 amide bonds. The van der Waals surface area contributed by atoms with E-state index in [0.717, 1.165) is 5.56 Å². The van der Waals surface area contributed by atoms with Crippen molar-refractivity contribution in [2.45, 2.75) is 6.42 Å². The molecule has 0 unspecified atom stereocenters. The number of carbonyl (C=O) groups excluding carboxylic acids is 1. The standard InChI is InChI=1S/C8H9N2O/c9-10-8(11)6-7-4-2-1-3-5-7/h1-5,9H,6H2,(H,10,11). The van der Waals surface area contributed by atoms with Gasteiger partial charge in [-0.25, -0.2) is 0 Å². The van der Waals surface area contributed by atoms with Gasteiger partial charge < -0.3 is 0 Å². The van der Waals surface area contributed by atoms with Crippen LogP contribution in [0.5, 0.6) is 0 Å². The van der Waals surface area contributed by atoms with Crippen LogP contribution in [0.4, 0.5) is 0 Å². The van der Waals surface area contributed by atoms with E-state index in [9.17, 15) is 4.79 Å². The maximum absolute atomic E-state index is 10.7. The third kappa shape index (κ3) is 2.39. The molecule has 0 aliphatic rings. The molecule has 0 saturated heterocycles. The maximum Gasteiger partial charge on any atom is 0.239 e. The summed E-state index contributed by atoms with van der Waals surface area (Å²) in [7, 11) is 0. The number of benzene rings is 1. The SMILES string of the molecule is [NH]NC(=O)Cc1ccccc1. The van der Waals surface area contributed by atoms with E-state index in [0.29, 0.717) is 0 Å². The summed E-state index contributed by atoms with van der Waals surface area (Å²) in [6.45, 7) is 0. The van der Waals surface area contributed by atoms with Gasteiger partial charge in [0.2, 0.25) is 5.91 Å². The Kier molecular flexibility index (Phi) is 2.63. The van der Waals surface area contributed by atoms with Crippen LogP contribution in [0.1, 0.15) is 5.56 Å². The van der Waals surface area contributed by atoms with Gasteiger partial charge in [-0.05, 0) is 5.56 Å². The highest BCUT2D eigenvalue weighted by Gasteiger charge is 1.98. The predicted molar refractivity (Wildman–Crippen MR) is 41.4 cm³/mol. The molecular weight excluding hydrogens is 140 g/mol. The normalized spacial score (nSPS) is 9.18. The van der Waals surface area contributed by atoms with E-state index in [4.69, 9.17) is 5.84 Å². The third-order valence-electron chi connectivity index (χ3n) is 1.35. The van der Waals surface area contributed by atoms with Crippen molar-refractivity contribution in [3.63, 3.8) is 0 Å². The highest BCUT2D eigenvalue weighted by Crippen LogP contribution is 1.98. The number of amides is 1. The second kappa shape index (κ2) is 3.73. The Morgan fingerprint density at radius 2 is 2.00 bits per heavy atom. The van der Waals surface area contributed by atoms with Crippen LogP contribution in [0.15, 0.2) is 30.3 Å². The van der Waals surface area contributed by atoms with Gasteiger partial charge in [-0.1, -0.05) is 30.3 Å². The molecule has 3 nitrogen and oxygen atoms in total. The summed E-state index contributed by atoms with van der Waals surface area (Å²) in [5.41, 5.74) is 2.75. The maximum atomic E-state index is 10.7. The van der Waals surface area contributed by atoms with Gasteiger partial charge in [0.15, 0.2) is 0 Å². The first kappa shape index (κ1) is 7.75. The van der Waals surface area contributed by atoms with Crippen molar-refractivity contribution in [1.82, 2.24) is 11.3 Å². The zero-order valence-electron chi connectivity index (χ0n) is 6.00. The van der Waals surface area contributed by atoms with Crippen molar-refractivity contribution in [2.24, 2.45) is 0 Å². The summed E-state index contributed by atoms with van der Waals surface area (Å²) in [5, 5.41) is 0. The van der Waals surface area contributed by atoms with E-state index in [-0.39, 0.29) is 12.3 Å². The van der Waals surface area contributed by atoms with E-state index < -0.39 is 0 Å². The Labute approximate surface area is 65.2 Å². The first-order valence-electron chi connectivity index (χ1n) is 3.32. The van der Waals surface area contributed by atoms with E-state index in [1.807, 2.05) is 35.8 Å². The van der Waals surface area contributed by atoms with Crippen LogP contribution in [0, 0.1) is 0 Å². The largest absolute Gasteiger partial charge is 0.276 e. The van der Waals surface area contributed by atoms with Gasteiger partial charge in [0.05, 0.1) is 6.42 Å². The van der Waals surface area contributed by atoms with Gasteiger partial charge in [0, 0.05) is 0 Å². The zero-order chi connectivity index (χ0) is 8.10. The first-order chi connectivity index (χ1) is 5.33. The smallest absolute Gasteiger partial charge is 0.239 e. The van der Waals surface area contributed by atoms with Crippen molar-refractivity contribution in [2.75, 3.05) is 0 Å². The number of nitrogens with one attached hydrogen (secondary N) is 2. The quantitative estimate of drug-likeness (QED) is 0.613. The molecule has 0 bridgehead atoms. The van der Waals surface area contributed by atoms with E-state index >= 15 is 0 Å². The lowest BCUT2D eigenvalue weighted by molar-refractivity contribution is -0.120. The fourth-order valence-corrected chi connectivity index (χ4v) is 0.825. The van der Waals surface area contributed by atoms with Crippen LogP contribution in [0.25, 0.3) is 0 Å². The Balaban J connectivity index is 2.58. The minimum atomic E-state index is -0.281.